The number of amides is 12. The van der Waals surface area contributed by atoms with Crippen molar-refractivity contribution in [1.29, 1.82) is 0 Å². The molecule has 0 aromatic carbocycles. The zero-order valence-corrected chi connectivity index (χ0v) is 64.1. The van der Waals surface area contributed by atoms with E-state index in [0.717, 1.165) is 22.6 Å². The predicted octanol–water partition coefficient (Wildman–Crippen LogP) is 5.86. The molecule has 4 saturated carbocycles. The number of carbonyl (C=O) groups is 12. The Kier molecular flexibility index (Phi) is 30.4. The zero-order chi connectivity index (χ0) is 76.1. The first-order valence-corrected chi connectivity index (χ1v) is 38.4. The van der Waals surface area contributed by atoms with Crippen LogP contribution >= 0.6 is 23.2 Å². The molecule has 30 heteroatoms. The van der Waals surface area contributed by atoms with Crippen LogP contribution < -0.4 is 16.0 Å². The van der Waals surface area contributed by atoms with Crippen LogP contribution in [-0.2, 0) is 62.3 Å². The maximum absolute atomic E-state index is 15.6. The monoisotopic (exact) mass is 1490 g/mol. The molecule has 2 bridgehead atoms. The van der Waals surface area contributed by atoms with Crippen LogP contribution in [0.3, 0.4) is 0 Å². The van der Waals surface area contributed by atoms with Gasteiger partial charge in [0.25, 0.3) is 0 Å². The van der Waals surface area contributed by atoms with E-state index in [-0.39, 0.29) is 113 Å². The highest BCUT2D eigenvalue weighted by molar-refractivity contribution is 6.30. The fourth-order valence-electron chi connectivity index (χ4n) is 16.4. The lowest BCUT2D eigenvalue weighted by Gasteiger charge is -2.46. The molecule has 25 nitrogen and oxygen atoms in total. The Balaban J connectivity index is 1.31. The summed E-state index contributed by atoms with van der Waals surface area (Å²) in [7, 11) is 11.4. The molecule has 4 aliphatic carbocycles. The third-order valence-electron chi connectivity index (χ3n) is 23.3. The molecule has 7 rings (SSSR count). The van der Waals surface area contributed by atoms with Gasteiger partial charge >= 0.3 is 6.18 Å². The van der Waals surface area contributed by atoms with E-state index in [0.29, 0.717) is 57.8 Å². The summed E-state index contributed by atoms with van der Waals surface area (Å²) in [6.45, 7) is 5.95. The van der Waals surface area contributed by atoms with Crippen LogP contribution in [0, 0.1) is 29.6 Å². The van der Waals surface area contributed by atoms with Crippen LogP contribution in [0.2, 0.25) is 0 Å². The number of nitrogens with zero attached hydrogens (tertiary/aromatic N) is 9. The first-order valence-electron chi connectivity index (χ1n) is 37.5. The van der Waals surface area contributed by atoms with Crippen molar-refractivity contribution in [3.8, 4) is 0 Å². The molecule has 1 spiro atoms. The van der Waals surface area contributed by atoms with Gasteiger partial charge in [0.15, 0.2) is 0 Å². The molecule has 103 heavy (non-hydrogen) atoms. The molecule has 13 atom stereocenters. The van der Waals surface area contributed by atoms with E-state index in [1.807, 2.05) is 6.92 Å². The number of rotatable bonds is 13. The average molecular weight is 1500 g/mol. The van der Waals surface area contributed by atoms with Gasteiger partial charge in [-0.05, 0) is 146 Å². The van der Waals surface area contributed by atoms with Gasteiger partial charge < -0.3 is 64.8 Å². The van der Waals surface area contributed by atoms with Gasteiger partial charge in [0.2, 0.25) is 70.9 Å². The van der Waals surface area contributed by atoms with Crippen LogP contribution in [0.25, 0.3) is 0 Å². The first kappa shape index (κ1) is 84.0. The number of likely N-dealkylation sites (N-methyl/N-ethyl adjacent to an activating group) is 7. The quantitative estimate of drug-likeness (QED) is 0.144. The number of nitrogens with one attached hydrogen (secondary N) is 3. The van der Waals surface area contributed by atoms with E-state index in [4.69, 9.17) is 27.9 Å². The molecule has 3 aliphatic heterocycles. The smallest absolute Gasteiger partial charge is 0.377 e. The molecule has 3 heterocycles. The summed E-state index contributed by atoms with van der Waals surface area (Å²) in [4.78, 5) is 192. The molecule has 580 valence electrons. The van der Waals surface area contributed by atoms with Gasteiger partial charge in [-0.15, -0.1) is 23.2 Å². The van der Waals surface area contributed by atoms with Gasteiger partial charge in [-0.1, -0.05) is 58.6 Å². The Labute approximate surface area is 616 Å². The molecule has 0 aromatic rings. The molecular weight excluding hydrogens is 1380 g/mol. The minimum Gasteiger partial charge on any atom is -0.377 e. The number of ether oxygens (including phenoxy) is 1. The third kappa shape index (κ3) is 20.7. The van der Waals surface area contributed by atoms with Crippen LogP contribution in [0.5, 0.6) is 0 Å². The molecule has 3 N–H and O–H groups in total. The van der Waals surface area contributed by atoms with Crippen molar-refractivity contribution < 1.29 is 75.4 Å². The van der Waals surface area contributed by atoms with Gasteiger partial charge in [0, 0.05) is 87.9 Å². The van der Waals surface area contributed by atoms with Crippen molar-refractivity contribution in [3.63, 3.8) is 0 Å². The topological polar surface area (TPSA) is 279 Å². The Morgan fingerprint density at radius 3 is 1.90 bits per heavy atom. The standard InChI is InChI=1S/C73H115Cl2F3N12O13/c1-13-22-53-63(94)80-61(44(4)14-2)69(100)84(8)43-60(93)86(10)54-25-17-16-20-36-89(68(54)99)57(38-46-26-30-48(31-27-46)73(76,77)78)67(98)83(7)42-58(91)79-52(33-29-45-28-32-50(74)51(75)37-45)65(96)90-41-49(103-15-3)39-55(90)64(95)81-72(34-21-35-72)71(102)88(12)62(47-23-18-19-24-47)70(101)87(11)56(66(97)82(5)6)40-59(92)85(53)9/h16-17,44-57,61-62H,13-15,18-43H2,1-12H3,(H,79,91)(H,80,94)(H,81,95)/b17-16-/t44-,45?,46?,48?,49+,50?,51?,52-,53-,54-,55-,56-,57-,61-,62-/m0/s1. The largest absolute Gasteiger partial charge is 0.391 e. The zero-order valence-electron chi connectivity index (χ0n) is 62.6. The van der Waals surface area contributed by atoms with Crippen molar-refractivity contribution in [2.75, 3.05) is 89.2 Å². The number of halogens is 5. The Morgan fingerprint density at radius 1 is 0.660 bits per heavy atom. The minimum absolute atomic E-state index is 0.00844. The molecule has 3 unspecified atom stereocenters. The van der Waals surface area contributed by atoms with Crippen molar-refractivity contribution in [2.45, 2.75) is 259 Å². The summed E-state index contributed by atoms with van der Waals surface area (Å²) < 4.78 is 48.5. The number of hydrogen-bond acceptors (Lipinski definition) is 13. The van der Waals surface area contributed by atoms with Crippen LogP contribution in [0.15, 0.2) is 12.2 Å². The number of alkyl halides is 5. The van der Waals surface area contributed by atoms with Gasteiger partial charge in [-0.3, -0.25) is 57.5 Å². The van der Waals surface area contributed by atoms with Crippen molar-refractivity contribution in [2.24, 2.45) is 29.6 Å². The molecule has 2 saturated heterocycles. The van der Waals surface area contributed by atoms with Crippen molar-refractivity contribution in [3.05, 3.63) is 12.2 Å². The van der Waals surface area contributed by atoms with Gasteiger partial charge in [-0.2, -0.15) is 13.2 Å². The summed E-state index contributed by atoms with van der Waals surface area (Å²) in [5.74, 6) is -11.0. The lowest BCUT2D eigenvalue weighted by molar-refractivity contribution is -0.184. The second kappa shape index (κ2) is 37.3. The Morgan fingerprint density at radius 2 is 1.31 bits per heavy atom. The highest BCUT2D eigenvalue weighted by atomic mass is 35.5. The van der Waals surface area contributed by atoms with Crippen LogP contribution in [-0.4, -0.2) is 281 Å². The summed E-state index contributed by atoms with van der Waals surface area (Å²) in [5, 5.41) is 8.18. The van der Waals surface area contributed by atoms with Gasteiger partial charge in [-0.25, -0.2) is 0 Å². The number of carbonyl (C=O) groups excluding carboxylic acids is 12. The Hall–Kier alpha value is -6.29. The molecule has 7 aliphatic rings. The van der Waals surface area contributed by atoms with E-state index in [2.05, 4.69) is 16.0 Å². The third-order valence-corrected chi connectivity index (χ3v) is 24.4. The molecule has 12 amide bonds. The normalized spacial score (nSPS) is 32.0. The lowest BCUT2D eigenvalue weighted by Crippen LogP contribution is -2.68. The van der Waals surface area contributed by atoms with Crippen LogP contribution in [0.1, 0.15) is 182 Å². The van der Waals surface area contributed by atoms with E-state index in [1.54, 1.807) is 32.9 Å². The average Bonchev–Trinajstić information content (AvgIpc) is 1.71. The van der Waals surface area contributed by atoms with E-state index >= 15 is 28.8 Å². The first-order chi connectivity index (χ1) is 48.6. The molecule has 0 aromatic heterocycles. The summed E-state index contributed by atoms with van der Waals surface area (Å²) in [6.07, 6.45) is 4.29. The maximum Gasteiger partial charge on any atom is 0.391 e. The summed E-state index contributed by atoms with van der Waals surface area (Å²) >= 11 is 13.3. The van der Waals surface area contributed by atoms with Crippen LogP contribution in [0.4, 0.5) is 13.2 Å². The lowest BCUT2D eigenvalue weighted by atomic mass is 9.74. The second-order valence-corrected chi connectivity index (χ2v) is 31.7. The predicted molar refractivity (Wildman–Crippen MR) is 381 cm³/mol. The molecular formula is C73H115Cl2F3N12O13. The van der Waals surface area contributed by atoms with E-state index < -0.39 is 180 Å². The second-order valence-electron chi connectivity index (χ2n) is 30.6. The van der Waals surface area contributed by atoms with Gasteiger partial charge in [0.05, 0.1) is 36.9 Å². The Bertz CT molecular complexity index is 3060. The highest BCUT2D eigenvalue weighted by Crippen LogP contribution is 2.43. The molecule has 0 radical (unpaired) electrons. The minimum atomic E-state index is -4.44. The van der Waals surface area contributed by atoms with Crippen molar-refractivity contribution >= 4 is 94.1 Å². The maximum atomic E-state index is 15.6. The fraction of sp³-hybridized carbons (Fsp3) is 0.808. The fourth-order valence-corrected chi connectivity index (χ4v) is 17.0. The number of hydrogen-bond donors (Lipinski definition) is 3. The SMILES string of the molecule is CCC[C@H]1C(=O)N[C@@H]([C@@H](C)CC)C(=O)N(C)CC(=O)N(C)[C@H]2C/C=C\CCN(C2=O)[C@@H](CC2CCC(C(F)(F)F)CC2)C(=O)N(C)CC(=O)N[C@@H](CCC2CCC(Cl)C(Cl)C2)C(=O)N2C[C@H](OCC)C[C@H]2C(=O)NC2(CCC2)C(=O)N(C)[C@@H](C2CCCC2)C(=O)N(C)[C@H](C(=O)N(C)C)CC(=O)N1C. The van der Waals surface area contributed by atoms with Gasteiger partial charge in [0.1, 0.15) is 53.9 Å². The summed E-state index contributed by atoms with van der Waals surface area (Å²) in [6, 6.07) is -10.2. The van der Waals surface area contributed by atoms with Crippen molar-refractivity contribution in [1.82, 2.24) is 60.0 Å². The van der Waals surface area contributed by atoms with E-state index in [9.17, 15) is 41.9 Å². The van der Waals surface area contributed by atoms with E-state index in [1.165, 1.54) is 90.7 Å². The number of fused-ring (bicyclic) bond motifs is 3. The highest BCUT2D eigenvalue weighted by Gasteiger charge is 2.54. The summed E-state index contributed by atoms with van der Waals surface area (Å²) in [5.41, 5.74) is -1.55. The molecule has 6 fully saturated rings.